The maximum absolute atomic E-state index is 12.8. The Morgan fingerprint density at radius 1 is 1.00 bits per heavy atom. The molecular formula is C21H12ClN3OS. The quantitative estimate of drug-likeness (QED) is 0.455. The van der Waals surface area contributed by atoms with Gasteiger partial charge in [0, 0.05) is 10.6 Å². The number of rotatable bonds is 2. The Morgan fingerprint density at radius 3 is 2.67 bits per heavy atom. The second kappa shape index (κ2) is 6.30. The normalized spacial score (nSPS) is 12.3. The molecule has 0 unspecified atom stereocenters. The zero-order valence-electron chi connectivity index (χ0n) is 14.0. The van der Waals surface area contributed by atoms with Gasteiger partial charge < -0.3 is 0 Å². The van der Waals surface area contributed by atoms with E-state index in [4.69, 9.17) is 11.6 Å². The number of halogens is 1. The van der Waals surface area contributed by atoms with Crippen LogP contribution in [0.15, 0.2) is 71.5 Å². The standard InChI is InChI=1S/C21H12ClN3OS/c22-16-9-4-8-15(11-16)19-23-21-25(24-19)20(26)18(27-21)12-14-7-3-6-13-5-1-2-10-17(13)14/h1-12H/b18-12-. The lowest BCUT2D eigenvalue weighted by Crippen LogP contribution is -2.23. The van der Waals surface area contributed by atoms with E-state index in [1.54, 1.807) is 12.1 Å². The van der Waals surface area contributed by atoms with E-state index in [0.29, 0.717) is 20.3 Å². The van der Waals surface area contributed by atoms with Crippen LogP contribution in [-0.2, 0) is 0 Å². The highest BCUT2D eigenvalue weighted by molar-refractivity contribution is 7.15. The summed E-state index contributed by atoms with van der Waals surface area (Å²) >= 11 is 7.37. The smallest absolute Gasteiger partial charge is 0.266 e. The van der Waals surface area contributed by atoms with Crippen molar-refractivity contribution in [2.24, 2.45) is 0 Å². The predicted octanol–water partition coefficient (Wildman–Crippen LogP) is 4.17. The molecular weight excluding hydrogens is 378 g/mol. The number of nitrogens with zero attached hydrogens (tertiary/aromatic N) is 3. The van der Waals surface area contributed by atoms with E-state index in [9.17, 15) is 4.79 Å². The van der Waals surface area contributed by atoms with Crippen LogP contribution in [0.5, 0.6) is 0 Å². The first kappa shape index (κ1) is 16.2. The van der Waals surface area contributed by atoms with E-state index in [2.05, 4.69) is 28.3 Å². The summed E-state index contributed by atoms with van der Waals surface area (Å²) in [4.78, 5) is 17.9. The number of fused-ring (bicyclic) bond motifs is 2. The largest absolute Gasteiger partial charge is 0.291 e. The topological polar surface area (TPSA) is 47.3 Å². The molecule has 0 aliphatic carbocycles. The third-order valence-corrected chi connectivity index (χ3v) is 5.57. The summed E-state index contributed by atoms with van der Waals surface area (Å²) in [5, 5.41) is 7.23. The average Bonchev–Trinajstić information content (AvgIpc) is 3.22. The third kappa shape index (κ3) is 2.81. The first-order valence-corrected chi connectivity index (χ1v) is 9.53. The van der Waals surface area contributed by atoms with Gasteiger partial charge in [-0.15, -0.1) is 5.10 Å². The van der Waals surface area contributed by atoms with Crippen LogP contribution >= 0.6 is 22.9 Å². The van der Waals surface area contributed by atoms with Gasteiger partial charge in [-0.2, -0.15) is 9.50 Å². The summed E-state index contributed by atoms with van der Waals surface area (Å²) in [6, 6.07) is 21.5. The van der Waals surface area contributed by atoms with Crippen molar-refractivity contribution >= 4 is 44.7 Å². The van der Waals surface area contributed by atoms with Crippen molar-refractivity contribution in [2.45, 2.75) is 0 Å². The van der Waals surface area contributed by atoms with Crippen molar-refractivity contribution in [3.05, 3.63) is 92.2 Å². The Balaban J connectivity index is 1.67. The van der Waals surface area contributed by atoms with Crippen molar-refractivity contribution in [3.8, 4) is 11.4 Å². The molecule has 3 aromatic carbocycles. The molecule has 0 aliphatic heterocycles. The summed E-state index contributed by atoms with van der Waals surface area (Å²) < 4.78 is 1.97. The van der Waals surface area contributed by atoms with E-state index in [-0.39, 0.29) is 5.56 Å². The molecule has 27 heavy (non-hydrogen) atoms. The Labute approximate surface area is 163 Å². The molecule has 0 amide bonds. The zero-order valence-corrected chi connectivity index (χ0v) is 15.5. The van der Waals surface area contributed by atoms with Gasteiger partial charge in [-0.3, -0.25) is 4.79 Å². The van der Waals surface area contributed by atoms with Crippen molar-refractivity contribution < 1.29 is 0 Å². The Hall–Kier alpha value is -3.02. The summed E-state index contributed by atoms with van der Waals surface area (Å²) in [7, 11) is 0. The predicted molar refractivity (Wildman–Crippen MR) is 110 cm³/mol. The minimum atomic E-state index is -0.163. The highest BCUT2D eigenvalue weighted by Crippen LogP contribution is 2.21. The van der Waals surface area contributed by atoms with Crippen LogP contribution in [0.3, 0.4) is 0 Å². The number of thiazole rings is 1. The Kier molecular flexibility index (Phi) is 3.77. The van der Waals surface area contributed by atoms with E-state index >= 15 is 0 Å². The molecule has 2 aromatic heterocycles. The second-order valence-electron chi connectivity index (χ2n) is 6.12. The number of hydrogen-bond acceptors (Lipinski definition) is 4. The molecule has 0 N–H and O–H groups in total. The first-order valence-electron chi connectivity index (χ1n) is 8.34. The summed E-state index contributed by atoms with van der Waals surface area (Å²) in [5.74, 6) is 0.498. The van der Waals surface area contributed by atoms with E-state index in [0.717, 1.165) is 21.9 Å². The molecule has 6 heteroatoms. The molecule has 0 saturated heterocycles. The maximum Gasteiger partial charge on any atom is 0.291 e. The van der Waals surface area contributed by atoms with Gasteiger partial charge in [0.05, 0.1) is 4.53 Å². The van der Waals surface area contributed by atoms with Crippen molar-refractivity contribution in [1.82, 2.24) is 14.6 Å². The van der Waals surface area contributed by atoms with Gasteiger partial charge in [-0.1, -0.05) is 77.5 Å². The van der Waals surface area contributed by atoms with Gasteiger partial charge in [0.1, 0.15) is 0 Å². The lowest BCUT2D eigenvalue weighted by Gasteiger charge is -2.00. The molecule has 4 nitrogen and oxygen atoms in total. The van der Waals surface area contributed by atoms with Crippen molar-refractivity contribution in [3.63, 3.8) is 0 Å². The molecule has 5 aromatic rings. The number of aromatic nitrogens is 3. The first-order chi connectivity index (χ1) is 13.2. The molecule has 0 saturated carbocycles. The third-order valence-electron chi connectivity index (χ3n) is 4.37. The fraction of sp³-hybridized carbons (Fsp3) is 0. The molecule has 130 valence electrons. The van der Waals surface area contributed by atoms with E-state index < -0.39 is 0 Å². The zero-order chi connectivity index (χ0) is 18.4. The minimum Gasteiger partial charge on any atom is -0.266 e. The van der Waals surface area contributed by atoms with Crippen LogP contribution in [0, 0.1) is 0 Å². The van der Waals surface area contributed by atoms with Gasteiger partial charge in [-0.05, 0) is 34.5 Å². The summed E-state index contributed by atoms with van der Waals surface area (Å²) in [6.45, 7) is 0. The maximum atomic E-state index is 12.8. The molecule has 2 heterocycles. The highest BCUT2D eigenvalue weighted by atomic mass is 35.5. The molecule has 0 bridgehead atoms. The molecule has 0 spiro atoms. The number of hydrogen-bond donors (Lipinski definition) is 0. The summed E-state index contributed by atoms with van der Waals surface area (Å²) in [6.07, 6.45) is 1.91. The fourth-order valence-corrected chi connectivity index (χ4v) is 4.19. The van der Waals surface area contributed by atoms with Crippen LogP contribution in [0.1, 0.15) is 5.56 Å². The van der Waals surface area contributed by atoms with Gasteiger partial charge >= 0.3 is 0 Å². The van der Waals surface area contributed by atoms with Gasteiger partial charge in [0.15, 0.2) is 5.82 Å². The minimum absolute atomic E-state index is 0.163. The second-order valence-corrected chi connectivity index (χ2v) is 7.57. The molecule has 0 atom stereocenters. The van der Waals surface area contributed by atoms with Crippen molar-refractivity contribution in [2.75, 3.05) is 0 Å². The van der Waals surface area contributed by atoms with Gasteiger partial charge in [0.2, 0.25) is 4.96 Å². The van der Waals surface area contributed by atoms with E-state index in [1.165, 1.54) is 15.9 Å². The summed E-state index contributed by atoms with van der Waals surface area (Å²) in [5.41, 5.74) is 1.63. The van der Waals surface area contributed by atoms with Crippen LogP contribution in [-0.4, -0.2) is 14.6 Å². The lowest BCUT2D eigenvalue weighted by atomic mass is 10.0. The van der Waals surface area contributed by atoms with Crippen LogP contribution < -0.4 is 10.1 Å². The van der Waals surface area contributed by atoms with Crippen LogP contribution in [0.25, 0.3) is 33.2 Å². The Bertz CT molecular complexity index is 1420. The number of benzene rings is 3. The monoisotopic (exact) mass is 389 g/mol. The molecule has 0 radical (unpaired) electrons. The molecule has 0 fully saturated rings. The lowest BCUT2D eigenvalue weighted by molar-refractivity contribution is 0.937. The Morgan fingerprint density at radius 2 is 1.81 bits per heavy atom. The van der Waals surface area contributed by atoms with Crippen LogP contribution in [0.2, 0.25) is 5.02 Å². The highest BCUT2D eigenvalue weighted by Gasteiger charge is 2.12. The van der Waals surface area contributed by atoms with Crippen LogP contribution in [0.4, 0.5) is 0 Å². The van der Waals surface area contributed by atoms with Gasteiger partial charge in [0.25, 0.3) is 5.56 Å². The SMILES string of the molecule is O=c1/c(=C/c2cccc3ccccc23)sc2nc(-c3cccc(Cl)c3)nn12. The molecule has 0 aliphatic rings. The fourth-order valence-electron chi connectivity index (χ4n) is 3.10. The average molecular weight is 390 g/mol. The van der Waals surface area contributed by atoms with Gasteiger partial charge in [-0.25, -0.2) is 0 Å². The molecule has 5 rings (SSSR count). The van der Waals surface area contributed by atoms with E-state index in [1.807, 2.05) is 42.5 Å². The van der Waals surface area contributed by atoms with Crippen molar-refractivity contribution in [1.29, 1.82) is 0 Å².